The molecule has 0 N–H and O–H groups in total. The Morgan fingerprint density at radius 3 is 1.30 bits per heavy atom. The van der Waals surface area contributed by atoms with E-state index >= 15 is 0 Å². The van der Waals surface area contributed by atoms with E-state index in [9.17, 15) is 19.2 Å². The lowest BCUT2D eigenvalue weighted by Crippen LogP contribution is -2.45. The van der Waals surface area contributed by atoms with Crippen LogP contribution in [0.1, 0.15) is 155 Å². The molecule has 30 heteroatoms. The standard InChI is InChI=1S/C28H38N8O5.C21H34BN3O6.C13H16ClN5O.CH4/c1-17-19(14-29-24(31-17)36(25(37)40-27(2,3)4)26(38)41-28(5,6)7)21-32-22(34-10-12-39-13-11-34)20-23(33-21)35(16-30-20)15-18-8-9-18;1-13-14(22-30-20(8,9)21(10,11)31-22)12-23-15(24-13)25(16(26)28-18(2,3)4)17(27)29-19(5,6)7;14-13-16-11(18-3-5-20-6-4-18)10-12(17-13)19(8-15-10)7-9-1-2-9;/h14,16,18H,8-13,15H2,1-7H3;12H,1-11H3;8-9H,1-7H2;1H4. The average Bonchev–Trinajstić information content (AvgIpc) is 1.69. The Hall–Kier alpha value is -7.47. The number of imidazole rings is 2. The van der Waals surface area contributed by atoms with Crippen LogP contribution in [0.5, 0.6) is 0 Å². The predicted molar refractivity (Wildman–Crippen MR) is 352 cm³/mol. The molecule has 0 radical (unpaired) electrons. The molecule has 2 aliphatic carbocycles. The zero-order valence-electron chi connectivity index (χ0n) is 56.4. The maximum absolute atomic E-state index is 13.1. The van der Waals surface area contributed by atoms with Crippen molar-refractivity contribution in [2.45, 2.75) is 204 Å². The lowest BCUT2D eigenvalue weighted by atomic mass is 9.79. The van der Waals surface area contributed by atoms with Crippen molar-refractivity contribution < 1.29 is 56.9 Å². The van der Waals surface area contributed by atoms with Crippen molar-refractivity contribution in [2.24, 2.45) is 11.8 Å². The summed E-state index contributed by atoms with van der Waals surface area (Å²) in [5.74, 6) is 3.08. The summed E-state index contributed by atoms with van der Waals surface area (Å²) in [6, 6.07) is 0. The fraction of sp³-hybridized carbons (Fsp3) is 0.651. The molecule has 4 amide bonds. The summed E-state index contributed by atoms with van der Waals surface area (Å²) >= 11 is 6.10. The van der Waals surface area contributed by atoms with Gasteiger partial charge in [-0.05, 0) is 174 Å². The Morgan fingerprint density at radius 2 is 0.925 bits per heavy atom. The van der Waals surface area contributed by atoms with Crippen LogP contribution in [0.2, 0.25) is 5.28 Å². The SMILES string of the molecule is C.Cc1nc(N(C(=O)OC(C)(C)C)C(=O)OC(C)(C)C)ncc1-c1nc(N2CCOCC2)c2ncn(CC3CC3)c2n1.Cc1nc(N(C(=O)OC(C)(C)C)C(=O)OC(C)(C)C)ncc1B1OC(C)(C)C(C)(C)O1.Clc1nc(N2CCOCC2)c2ncn(CC3CC3)c2n1. The van der Waals surface area contributed by atoms with Crippen LogP contribution in [0, 0.1) is 25.7 Å². The number of amides is 4. The number of halogens is 1. The molecule has 5 aliphatic rings. The molecular weight excluding hydrogens is 1220 g/mol. The summed E-state index contributed by atoms with van der Waals surface area (Å²) in [5, 5.41) is 0.288. The van der Waals surface area contributed by atoms with Gasteiger partial charge < -0.3 is 56.7 Å². The lowest BCUT2D eigenvalue weighted by Gasteiger charge is -2.32. The molecule has 0 unspecified atom stereocenters. The van der Waals surface area contributed by atoms with Crippen LogP contribution in [0.15, 0.2) is 25.0 Å². The van der Waals surface area contributed by atoms with Gasteiger partial charge >= 0.3 is 31.5 Å². The van der Waals surface area contributed by atoms with Gasteiger partial charge in [0.2, 0.25) is 17.2 Å². The molecule has 0 spiro atoms. The van der Waals surface area contributed by atoms with Gasteiger partial charge in [0.05, 0.1) is 61.5 Å². The quantitative estimate of drug-likeness (QED) is 0.0699. The van der Waals surface area contributed by atoms with Crippen molar-refractivity contribution in [1.29, 1.82) is 0 Å². The number of rotatable bonds is 10. The van der Waals surface area contributed by atoms with Crippen LogP contribution >= 0.6 is 11.6 Å². The number of imide groups is 2. The van der Waals surface area contributed by atoms with Crippen LogP contribution in [-0.2, 0) is 50.8 Å². The minimum Gasteiger partial charge on any atom is -0.443 e. The minimum atomic E-state index is -0.935. The van der Waals surface area contributed by atoms with E-state index in [1.807, 2.05) is 40.3 Å². The topological polar surface area (TPSA) is 294 Å². The second-order valence-electron chi connectivity index (χ2n) is 28.5. The highest BCUT2D eigenvalue weighted by Crippen LogP contribution is 2.38. The number of morpholine rings is 2. The molecule has 11 rings (SSSR count). The van der Waals surface area contributed by atoms with Crippen LogP contribution in [0.4, 0.5) is 42.7 Å². The van der Waals surface area contributed by atoms with Gasteiger partial charge in [0.1, 0.15) is 22.4 Å². The van der Waals surface area contributed by atoms with E-state index < -0.39 is 65.1 Å². The van der Waals surface area contributed by atoms with Crippen LogP contribution in [-0.4, -0.2) is 177 Å². The maximum Gasteiger partial charge on any atom is 0.498 e. The van der Waals surface area contributed by atoms with Crippen LogP contribution in [0.3, 0.4) is 0 Å². The van der Waals surface area contributed by atoms with E-state index in [4.69, 9.17) is 59.3 Å². The Morgan fingerprint density at radius 1 is 0.548 bits per heavy atom. The zero-order valence-corrected chi connectivity index (χ0v) is 57.1. The number of hydrogen-bond acceptors (Lipinski definition) is 24. The molecule has 3 aliphatic heterocycles. The van der Waals surface area contributed by atoms with Crippen molar-refractivity contribution in [1.82, 2.24) is 59.0 Å². The molecule has 3 saturated heterocycles. The molecule has 9 heterocycles. The normalized spacial score (nSPS) is 17.3. The number of aryl methyl sites for hydroxylation is 2. The summed E-state index contributed by atoms with van der Waals surface area (Å²) in [6.07, 6.45) is 7.98. The minimum absolute atomic E-state index is 0. The van der Waals surface area contributed by atoms with Gasteiger partial charge in [-0.25, -0.2) is 59.0 Å². The van der Waals surface area contributed by atoms with Crippen LogP contribution < -0.4 is 25.1 Å². The van der Waals surface area contributed by atoms with Crippen molar-refractivity contribution in [3.63, 3.8) is 0 Å². The predicted octanol–water partition coefficient (Wildman–Crippen LogP) is 10.6. The first kappa shape index (κ1) is 71.4. The number of carbonyl (C=O) groups is 4. The van der Waals surface area contributed by atoms with E-state index in [0.29, 0.717) is 83.5 Å². The van der Waals surface area contributed by atoms with Gasteiger partial charge in [0.25, 0.3) is 0 Å². The second-order valence-corrected chi connectivity index (χ2v) is 28.8. The van der Waals surface area contributed by atoms with Crippen molar-refractivity contribution in [2.75, 3.05) is 72.2 Å². The van der Waals surface area contributed by atoms with Gasteiger partial charge in [0, 0.05) is 62.8 Å². The summed E-state index contributed by atoms with van der Waals surface area (Å²) in [5.41, 5.74) is 0.929. The van der Waals surface area contributed by atoms with Crippen LogP contribution in [0.25, 0.3) is 33.7 Å². The highest BCUT2D eigenvalue weighted by molar-refractivity contribution is 6.62. The van der Waals surface area contributed by atoms with Gasteiger partial charge in [-0.1, -0.05) is 7.43 Å². The first-order chi connectivity index (χ1) is 42.9. The Labute approximate surface area is 549 Å². The van der Waals surface area contributed by atoms with Gasteiger partial charge in [-0.2, -0.15) is 9.97 Å². The van der Waals surface area contributed by atoms with Gasteiger partial charge in [0.15, 0.2) is 39.8 Å². The number of anilines is 4. The molecular formula is C63H92BClN16O12. The van der Waals surface area contributed by atoms with E-state index in [0.717, 1.165) is 66.1 Å². The molecule has 0 aromatic carbocycles. The number of fused-ring (bicyclic) bond motifs is 2. The summed E-state index contributed by atoms with van der Waals surface area (Å²) in [4.78, 5) is 103. The highest BCUT2D eigenvalue weighted by Gasteiger charge is 2.53. The average molecular weight is 1310 g/mol. The van der Waals surface area contributed by atoms with E-state index in [1.165, 1.54) is 38.1 Å². The summed E-state index contributed by atoms with van der Waals surface area (Å²) in [7, 11) is -0.671. The van der Waals surface area contributed by atoms with Gasteiger partial charge in [-0.3, -0.25) is 0 Å². The maximum atomic E-state index is 13.1. The lowest BCUT2D eigenvalue weighted by molar-refractivity contribution is 0.00578. The Kier molecular flexibility index (Phi) is 21.4. The zero-order chi connectivity index (χ0) is 67.0. The molecule has 506 valence electrons. The van der Waals surface area contributed by atoms with E-state index in [1.54, 1.807) is 96.9 Å². The third-order valence-electron chi connectivity index (χ3n) is 15.2. The first-order valence-corrected chi connectivity index (χ1v) is 31.6. The molecule has 93 heavy (non-hydrogen) atoms. The fourth-order valence-electron chi connectivity index (χ4n) is 9.63. The molecule has 0 bridgehead atoms. The molecule has 2 saturated carbocycles. The smallest absolute Gasteiger partial charge is 0.443 e. The highest BCUT2D eigenvalue weighted by atomic mass is 35.5. The summed E-state index contributed by atoms with van der Waals surface area (Å²) < 4.78 is 48.9. The molecule has 6 aromatic rings. The molecule has 6 aromatic heterocycles. The Bertz CT molecular complexity index is 3600. The number of nitrogens with zero attached hydrogens (tertiary/aromatic N) is 16. The first-order valence-electron chi connectivity index (χ1n) is 31.2. The van der Waals surface area contributed by atoms with Gasteiger partial charge in [-0.15, -0.1) is 9.80 Å². The second kappa shape index (κ2) is 27.9. The van der Waals surface area contributed by atoms with Crippen molar-refractivity contribution in [3.05, 3.63) is 41.7 Å². The monoisotopic (exact) mass is 1310 g/mol. The number of hydrogen-bond donors (Lipinski definition) is 0. The molecule has 0 atom stereocenters. The molecule has 28 nitrogen and oxygen atoms in total. The van der Waals surface area contributed by atoms with E-state index in [2.05, 4.69) is 58.8 Å². The van der Waals surface area contributed by atoms with Crippen molar-refractivity contribution in [3.8, 4) is 11.4 Å². The largest absolute Gasteiger partial charge is 0.498 e. The van der Waals surface area contributed by atoms with Crippen molar-refractivity contribution >= 4 is 94.4 Å². The third-order valence-corrected chi connectivity index (χ3v) is 15.4. The number of aromatic nitrogens is 12. The Balaban J connectivity index is 0.000000189. The third kappa shape index (κ3) is 18.3. The number of ether oxygens (including phenoxy) is 6. The molecule has 5 fully saturated rings. The number of carbonyl (C=O) groups excluding carboxylic acids is 4. The fourth-order valence-corrected chi connectivity index (χ4v) is 9.79. The summed E-state index contributed by atoms with van der Waals surface area (Å²) in [6.45, 7) is 39.2. The van der Waals surface area contributed by atoms with E-state index in [-0.39, 0.29) is 24.6 Å².